The van der Waals surface area contributed by atoms with Gasteiger partial charge in [0, 0.05) is 30.9 Å². The Bertz CT molecular complexity index is 531. The maximum Gasteiger partial charge on any atom is 0.193 e. The van der Waals surface area contributed by atoms with Crippen LogP contribution in [0.5, 0.6) is 0 Å². The van der Waals surface area contributed by atoms with Crippen molar-refractivity contribution in [1.29, 1.82) is 0 Å². The Morgan fingerprint density at radius 3 is 3.19 bits per heavy atom. The minimum absolute atomic E-state index is 0.739. The number of rotatable bonds is 6. The monoisotopic (exact) mass is 306 g/mol. The molecule has 3 rings (SSSR count). The Balaban J connectivity index is 1.50. The molecule has 0 saturated carbocycles. The van der Waals surface area contributed by atoms with Crippen LogP contribution in [0.1, 0.15) is 32.4 Å². The molecule has 1 aliphatic rings. The van der Waals surface area contributed by atoms with Crippen molar-refractivity contribution in [3.63, 3.8) is 0 Å². The molecule has 1 fully saturated rings. The van der Waals surface area contributed by atoms with Crippen LogP contribution in [0.25, 0.3) is 4.96 Å². The molecule has 5 heteroatoms. The van der Waals surface area contributed by atoms with E-state index in [-0.39, 0.29) is 0 Å². The predicted octanol–water partition coefficient (Wildman–Crippen LogP) is 2.85. The van der Waals surface area contributed by atoms with E-state index < -0.39 is 0 Å². The largest absolute Gasteiger partial charge is 0.316 e. The first-order valence-electron chi connectivity index (χ1n) is 8.05. The molecule has 1 saturated heterocycles. The summed E-state index contributed by atoms with van der Waals surface area (Å²) >= 11 is 1.71. The Hall–Kier alpha value is -0.910. The highest BCUT2D eigenvalue weighted by molar-refractivity contribution is 7.15. The molecule has 3 heterocycles. The van der Waals surface area contributed by atoms with Gasteiger partial charge in [-0.2, -0.15) is 0 Å². The summed E-state index contributed by atoms with van der Waals surface area (Å²) in [5.41, 5.74) is 1.21. The zero-order chi connectivity index (χ0) is 14.7. The quantitative estimate of drug-likeness (QED) is 0.891. The number of thiazole rings is 1. The summed E-state index contributed by atoms with van der Waals surface area (Å²) < 4.78 is 2.13. The summed E-state index contributed by atoms with van der Waals surface area (Å²) in [6, 6.07) is 0. The first-order chi connectivity index (χ1) is 10.2. The van der Waals surface area contributed by atoms with Crippen molar-refractivity contribution in [3.05, 3.63) is 23.5 Å². The summed E-state index contributed by atoms with van der Waals surface area (Å²) in [7, 11) is 0. The summed E-state index contributed by atoms with van der Waals surface area (Å²) in [6.45, 7) is 10.2. The van der Waals surface area contributed by atoms with Crippen molar-refractivity contribution >= 4 is 16.3 Å². The molecule has 0 spiro atoms. The molecule has 116 valence electrons. The molecule has 4 nitrogen and oxygen atoms in total. The zero-order valence-electron chi connectivity index (χ0n) is 13.1. The molecule has 21 heavy (non-hydrogen) atoms. The van der Waals surface area contributed by atoms with Crippen molar-refractivity contribution in [2.45, 2.75) is 33.2 Å². The lowest BCUT2D eigenvalue weighted by molar-refractivity contribution is 0.163. The fourth-order valence-corrected chi connectivity index (χ4v) is 3.84. The van der Waals surface area contributed by atoms with Crippen molar-refractivity contribution in [2.24, 2.45) is 11.8 Å². The third-order valence-corrected chi connectivity index (χ3v) is 4.89. The standard InChI is InChI=1S/C16H26N4S/c1-13(2)8-17-9-14-4-3-5-19(10-14)11-15-12-20-6-7-21-16(20)18-15/h6-7,12-14,17H,3-5,8-11H2,1-2H3. The maximum atomic E-state index is 4.70. The van der Waals surface area contributed by atoms with Gasteiger partial charge in [-0.3, -0.25) is 9.30 Å². The second kappa shape index (κ2) is 6.90. The van der Waals surface area contributed by atoms with Crippen LogP contribution in [0.3, 0.4) is 0 Å². The fraction of sp³-hybridized carbons (Fsp3) is 0.688. The molecule has 0 aromatic carbocycles. The van der Waals surface area contributed by atoms with Crippen LogP contribution in [-0.2, 0) is 6.54 Å². The van der Waals surface area contributed by atoms with E-state index in [4.69, 9.17) is 4.98 Å². The molecule has 0 aliphatic carbocycles. The van der Waals surface area contributed by atoms with Gasteiger partial charge >= 0.3 is 0 Å². The number of aromatic nitrogens is 2. The van der Waals surface area contributed by atoms with Crippen LogP contribution in [0.4, 0.5) is 0 Å². The van der Waals surface area contributed by atoms with Gasteiger partial charge in [0.2, 0.25) is 0 Å². The normalized spacial score (nSPS) is 20.6. The molecule has 1 N–H and O–H groups in total. The van der Waals surface area contributed by atoms with E-state index in [1.54, 1.807) is 11.3 Å². The molecule has 1 atom stereocenters. The maximum absolute atomic E-state index is 4.70. The van der Waals surface area contributed by atoms with Crippen molar-refractivity contribution in [3.8, 4) is 0 Å². The van der Waals surface area contributed by atoms with Crippen LogP contribution in [0.2, 0.25) is 0 Å². The van der Waals surface area contributed by atoms with Crippen LogP contribution in [0, 0.1) is 11.8 Å². The van der Waals surface area contributed by atoms with E-state index in [0.717, 1.165) is 36.4 Å². The van der Waals surface area contributed by atoms with Gasteiger partial charge in [0.1, 0.15) is 0 Å². The van der Waals surface area contributed by atoms with Crippen LogP contribution in [-0.4, -0.2) is 40.5 Å². The van der Waals surface area contributed by atoms with Gasteiger partial charge in [-0.1, -0.05) is 13.8 Å². The second-order valence-electron chi connectivity index (χ2n) is 6.62. The van der Waals surface area contributed by atoms with Gasteiger partial charge in [0.15, 0.2) is 4.96 Å². The highest BCUT2D eigenvalue weighted by Crippen LogP contribution is 2.19. The molecular formula is C16H26N4S. The first-order valence-corrected chi connectivity index (χ1v) is 8.93. The molecular weight excluding hydrogens is 280 g/mol. The van der Waals surface area contributed by atoms with E-state index in [9.17, 15) is 0 Å². The van der Waals surface area contributed by atoms with Crippen molar-refractivity contribution in [1.82, 2.24) is 19.6 Å². The van der Waals surface area contributed by atoms with E-state index in [0.29, 0.717) is 0 Å². The van der Waals surface area contributed by atoms with Gasteiger partial charge < -0.3 is 5.32 Å². The zero-order valence-corrected chi connectivity index (χ0v) is 13.9. The van der Waals surface area contributed by atoms with Crippen LogP contribution in [0.15, 0.2) is 17.8 Å². The van der Waals surface area contributed by atoms with Crippen LogP contribution < -0.4 is 5.32 Å². The highest BCUT2D eigenvalue weighted by Gasteiger charge is 2.20. The number of fused-ring (bicyclic) bond motifs is 1. The number of imidazole rings is 1. The molecule has 0 bridgehead atoms. The smallest absolute Gasteiger partial charge is 0.193 e. The lowest BCUT2D eigenvalue weighted by Gasteiger charge is -2.32. The minimum atomic E-state index is 0.739. The molecule has 0 radical (unpaired) electrons. The minimum Gasteiger partial charge on any atom is -0.316 e. The van der Waals surface area contributed by atoms with Gasteiger partial charge in [-0.25, -0.2) is 4.98 Å². The Kier molecular flexibility index (Phi) is 4.93. The van der Waals surface area contributed by atoms with Gasteiger partial charge in [-0.15, -0.1) is 11.3 Å². The lowest BCUT2D eigenvalue weighted by atomic mass is 9.97. The number of piperidine rings is 1. The van der Waals surface area contributed by atoms with Gasteiger partial charge in [0.25, 0.3) is 0 Å². The average Bonchev–Trinajstić information content (AvgIpc) is 2.99. The topological polar surface area (TPSA) is 32.6 Å². The molecule has 2 aromatic heterocycles. The summed E-state index contributed by atoms with van der Waals surface area (Å²) in [5.74, 6) is 1.53. The third-order valence-electron chi connectivity index (χ3n) is 4.12. The molecule has 0 amide bonds. The van der Waals surface area contributed by atoms with E-state index in [1.807, 2.05) is 0 Å². The van der Waals surface area contributed by atoms with Gasteiger partial charge in [-0.05, 0) is 44.3 Å². The second-order valence-corrected chi connectivity index (χ2v) is 7.49. The Morgan fingerprint density at radius 1 is 1.48 bits per heavy atom. The third kappa shape index (κ3) is 4.05. The van der Waals surface area contributed by atoms with E-state index in [2.05, 4.69) is 46.2 Å². The van der Waals surface area contributed by atoms with Crippen molar-refractivity contribution < 1.29 is 0 Å². The summed E-state index contributed by atoms with van der Waals surface area (Å²) in [4.78, 5) is 8.38. The Labute approximate surface area is 131 Å². The van der Waals surface area contributed by atoms with E-state index in [1.165, 1.54) is 31.6 Å². The highest BCUT2D eigenvalue weighted by atomic mass is 32.1. The van der Waals surface area contributed by atoms with E-state index >= 15 is 0 Å². The Morgan fingerprint density at radius 2 is 2.38 bits per heavy atom. The lowest BCUT2D eigenvalue weighted by Crippen LogP contribution is -2.39. The van der Waals surface area contributed by atoms with Gasteiger partial charge in [0.05, 0.1) is 5.69 Å². The number of nitrogens with zero attached hydrogens (tertiary/aromatic N) is 3. The molecule has 2 aromatic rings. The van der Waals surface area contributed by atoms with Crippen LogP contribution >= 0.6 is 11.3 Å². The summed E-state index contributed by atoms with van der Waals surface area (Å²) in [5, 5.41) is 5.70. The average molecular weight is 306 g/mol. The number of nitrogens with one attached hydrogen (secondary N) is 1. The first kappa shape index (κ1) is 15.0. The summed E-state index contributed by atoms with van der Waals surface area (Å²) in [6.07, 6.45) is 6.94. The fourth-order valence-electron chi connectivity index (χ4n) is 3.12. The number of likely N-dealkylation sites (tertiary alicyclic amines) is 1. The van der Waals surface area contributed by atoms with Crippen molar-refractivity contribution in [2.75, 3.05) is 26.2 Å². The SMILES string of the molecule is CC(C)CNCC1CCCN(Cc2cn3ccsc3n2)C1. The molecule has 1 unspecified atom stereocenters. The predicted molar refractivity (Wildman–Crippen MR) is 88.8 cm³/mol. The molecule has 1 aliphatic heterocycles. The number of hydrogen-bond donors (Lipinski definition) is 1. The number of hydrogen-bond acceptors (Lipinski definition) is 4.